The quantitative estimate of drug-likeness (QED) is 0.103. The van der Waals surface area contributed by atoms with Crippen molar-refractivity contribution < 1.29 is 28.5 Å². The molecule has 1 aliphatic heterocycles. The smallest absolute Gasteiger partial charge is 0.422 e. The number of carbonyl (C=O) groups is 2. The van der Waals surface area contributed by atoms with Gasteiger partial charge in [0.05, 0.1) is 37.8 Å². The topological polar surface area (TPSA) is 154 Å². The van der Waals surface area contributed by atoms with Gasteiger partial charge in [-0.2, -0.15) is 5.10 Å². The zero-order valence-electron chi connectivity index (χ0n) is 32.4. The number of nitrogen functional groups attached to an aromatic ring is 1. The van der Waals surface area contributed by atoms with Crippen LogP contribution in [0.1, 0.15) is 46.6 Å². The highest BCUT2D eigenvalue weighted by Crippen LogP contribution is 2.46. The van der Waals surface area contributed by atoms with Crippen molar-refractivity contribution in [2.45, 2.75) is 77.9 Å². The number of urea groups is 1. The number of benzene rings is 1. The number of halogens is 2. The molecule has 1 fully saturated rings. The monoisotopic (exact) mass is 793 g/mol. The summed E-state index contributed by atoms with van der Waals surface area (Å²) in [4.78, 5) is 43.3. The number of amides is 3. The van der Waals surface area contributed by atoms with Crippen LogP contribution in [0.15, 0.2) is 24.7 Å². The number of anilines is 5. The highest BCUT2D eigenvalue weighted by atomic mass is 35.5. The summed E-state index contributed by atoms with van der Waals surface area (Å²) in [6, 6.07) is 3.37. The van der Waals surface area contributed by atoms with Crippen molar-refractivity contribution >= 4 is 72.2 Å². The van der Waals surface area contributed by atoms with Crippen molar-refractivity contribution in [3.8, 4) is 11.5 Å². The summed E-state index contributed by atoms with van der Waals surface area (Å²) in [5.41, 5.74) is 6.07. The van der Waals surface area contributed by atoms with E-state index >= 15 is 0 Å². The van der Waals surface area contributed by atoms with Gasteiger partial charge in [0.15, 0.2) is 5.82 Å². The Morgan fingerprint density at radius 1 is 1.02 bits per heavy atom. The summed E-state index contributed by atoms with van der Waals surface area (Å²) in [6.45, 7) is 17.2. The Kier molecular flexibility index (Phi) is 13.9. The van der Waals surface area contributed by atoms with Gasteiger partial charge in [-0.1, -0.05) is 49.8 Å². The van der Waals surface area contributed by atoms with Gasteiger partial charge in [-0.25, -0.2) is 24.5 Å². The van der Waals surface area contributed by atoms with E-state index < -0.39 is 25.8 Å². The Balaban J connectivity index is 1.74. The zero-order valence-corrected chi connectivity index (χ0v) is 34.9. The van der Waals surface area contributed by atoms with E-state index in [-0.39, 0.29) is 63.1 Å². The molecule has 3 aromatic rings. The second-order valence-corrected chi connectivity index (χ2v) is 21.4. The Morgan fingerprint density at radius 3 is 2.17 bits per heavy atom. The van der Waals surface area contributed by atoms with Gasteiger partial charge in [0.1, 0.15) is 51.8 Å². The number of aromatic nitrogens is 4. The number of piperidine rings is 1. The van der Waals surface area contributed by atoms with Crippen LogP contribution in [-0.2, 0) is 9.47 Å². The number of hydrogen-bond acceptors (Lipinski definition) is 11. The molecule has 2 N–H and O–H groups in total. The maximum absolute atomic E-state index is 14.5. The molecule has 18 heteroatoms. The van der Waals surface area contributed by atoms with Crippen LogP contribution in [0.3, 0.4) is 0 Å². The molecule has 2 aromatic heterocycles. The number of carbonyl (C=O) groups excluding carboxylic acids is 2. The van der Waals surface area contributed by atoms with Gasteiger partial charge in [-0.05, 0) is 46.2 Å². The summed E-state index contributed by atoms with van der Waals surface area (Å²) < 4.78 is 24.6. The largest absolute Gasteiger partial charge is 0.495 e. The number of rotatable bonds is 13. The van der Waals surface area contributed by atoms with Gasteiger partial charge in [-0.3, -0.25) is 14.5 Å². The molecule has 0 radical (unpaired) electrons. The Hall–Kier alpha value is -3.83. The molecule has 4 rings (SSSR count). The fourth-order valence-electron chi connectivity index (χ4n) is 5.63. The van der Waals surface area contributed by atoms with Crippen LogP contribution < -0.4 is 29.9 Å². The molecular weight excluding hydrogens is 741 g/mol. The molecule has 3 amide bonds. The van der Waals surface area contributed by atoms with Crippen LogP contribution in [0.5, 0.6) is 11.5 Å². The maximum Gasteiger partial charge on any atom is 0.422 e. The third kappa shape index (κ3) is 10.4. The first kappa shape index (κ1) is 41.9. The lowest BCUT2D eigenvalue weighted by Crippen LogP contribution is -2.44. The molecule has 15 nitrogen and oxygen atoms in total. The van der Waals surface area contributed by atoms with Gasteiger partial charge < -0.3 is 29.6 Å². The number of hydrogen-bond donors (Lipinski definition) is 1. The second-order valence-electron chi connectivity index (χ2n) is 15.0. The summed E-state index contributed by atoms with van der Waals surface area (Å²) in [7, 11) is 2.96. The van der Waals surface area contributed by atoms with Crippen molar-refractivity contribution in [1.82, 2.24) is 24.6 Å². The standard InChI is InChI=1S/C35H53Cl2N9O6Si/c1-11-43-14-12-23(13-15-43)45-20-24(38)32(41-45)46(34(48)52-35(2,3)4)28-19-27(39-21-40-28)42(5)33(47)44(22-51-16-17-53(8,9)10)31-29(36)25(49-6)18-26(50-7)30(31)37/h18-21,23H,11-17,22,38H2,1-10H3. The first-order valence-corrected chi connectivity index (χ1v) is 22.0. The molecule has 0 saturated carbocycles. The average Bonchev–Trinajstić information content (AvgIpc) is 3.48. The van der Waals surface area contributed by atoms with E-state index in [2.05, 4.69) is 41.4 Å². The molecule has 1 aliphatic rings. The molecule has 3 heterocycles. The normalized spacial score (nSPS) is 14.2. The van der Waals surface area contributed by atoms with Gasteiger partial charge >= 0.3 is 12.1 Å². The van der Waals surface area contributed by atoms with Crippen LogP contribution >= 0.6 is 23.2 Å². The van der Waals surface area contributed by atoms with E-state index in [1.807, 2.05) is 4.68 Å². The van der Waals surface area contributed by atoms with Crippen LogP contribution in [0, 0.1) is 0 Å². The molecule has 292 valence electrons. The molecule has 0 atom stereocenters. The fraction of sp³-hybridized carbons (Fsp3) is 0.571. The van der Waals surface area contributed by atoms with E-state index in [1.165, 1.54) is 54.4 Å². The average molecular weight is 795 g/mol. The molecule has 1 saturated heterocycles. The third-order valence-corrected chi connectivity index (χ3v) is 11.1. The Bertz CT molecular complexity index is 1710. The number of methoxy groups -OCH3 is 2. The predicted octanol–water partition coefficient (Wildman–Crippen LogP) is 7.68. The van der Waals surface area contributed by atoms with E-state index in [0.29, 0.717) is 6.61 Å². The van der Waals surface area contributed by atoms with Gasteiger partial charge in [0.25, 0.3) is 0 Å². The van der Waals surface area contributed by atoms with Gasteiger partial charge in [0, 0.05) is 47.0 Å². The van der Waals surface area contributed by atoms with Crippen molar-refractivity contribution in [2.75, 3.05) is 74.7 Å². The summed E-state index contributed by atoms with van der Waals surface area (Å²) in [6.07, 6.45) is 3.98. The summed E-state index contributed by atoms with van der Waals surface area (Å²) >= 11 is 13.6. The zero-order chi connectivity index (χ0) is 39.2. The number of likely N-dealkylation sites (tertiary alicyclic amines) is 1. The van der Waals surface area contributed by atoms with Gasteiger partial charge in [-0.15, -0.1) is 0 Å². The minimum Gasteiger partial charge on any atom is -0.495 e. The van der Waals surface area contributed by atoms with Crippen molar-refractivity contribution in [3.05, 3.63) is 34.7 Å². The minimum atomic E-state index is -1.46. The van der Waals surface area contributed by atoms with Crippen LogP contribution in [0.25, 0.3) is 0 Å². The van der Waals surface area contributed by atoms with Crippen molar-refractivity contribution in [2.24, 2.45) is 0 Å². The molecule has 0 unspecified atom stereocenters. The molecule has 1 aromatic carbocycles. The highest BCUT2D eigenvalue weighted by molar-refractivity contribution is 6.76. The first-order valence-electron chi connectivity index (χ1n) is 17.5. The maximum atomic E-state index is 14.5. The highest BCUT2D eigenvalue weighted by Gasteiger charge is 2.34. The van der Waals surface area contributed by atoms with Gasteiger partial charge in [0.2, 0.25) is 0 Å². The number of ether oxygens (including phenoxy) is 4. The number of nitrogens with two attached hydrogens (primary N) is 1. The van der Waals surface area contributed by atoms with Crippen molar-refractivity contribution in [3.63, 3.8) is 0 Å². The lowest BCUT2D eigenvalue weighted by molar-refractivity contribution is 0.0597. The fourth-order valence-corrected chi connectivity index (χ4v) is 7.10. The third-order valence-electron chi connectivity index (χ3n) is 8.67. The minimum absolute atomic E-state index is 0.0821. The van der Waals surface area contributed by atoms with E-state index in [0.717, 1.165) is 38.5 Å². The Labute approximate surface area is 323 Å². The summed E-state index contributed by atoms with van der Waals surface area (Å²) in [5, 5.41) is 4.95. The molecule has 0 bridgehead atoms. The molecular formula is C35H53Cl2N9O6Si. The van der Waals surface area contributed by atoms with E-state index in [4.69, 9.17) is 53.0 Å². The second kappa shape index (κ2) is 17.5. The van der Waals surface area contributed by atoms with E-state index in [9.17, 15) is 9.59 Å². The molecule has 0 aliphatic carbocycles. The predicted molar refractivity (Wildman–Crippen MR) is 212 cm³/mol. The molecule has 0 spiro atoms. The lowest BCUT2D eigenvalue weighted by Gasteiger charge is -2.31. The number of nitrogens with zero attached hydrogens (tertiary/aromatic N) is 8. The van der Waals surface area contributed by atoms with E-state index in [1.54, 1.807) is 27.0 Å². The van der Waals surface area contributed by atoms with Crippen LogP contribution in [0.4, 0.5) is 38.4 Å². The molecule has 53 heavy (non-hydrogen) atoms. The van der Waals surface area contributed by atoms with Crippen LogP contribution in [0.2, 0.25) is 35.7 Å². The first-order chi connectivity index (χ1) is 24.9. The Morgan fingerprint density at radius 2 is 1.62 bits per heavy atom. The summed E-state index contributed by atoms with van der Waals surface area (Å²) in [5.74, 6) is 0.855. The van der Waals surface area contributed by atoms with Crippen LogP contribution in [-0.4, -0.2) is 105 Å². The lowest BCUT2D eigenvalue weighted by atomic mass is 10.1. The SMILES string of the molecule is CCN1CCC(n2cc(N)c(N(C(=O)OC(C)(C)C)c3cc(N(C)C(=O)N(COCC[Si](C)(C)C)c4c(Cl)c(OC)cc(OC)c4Cl)ncn3)n2)CC1. The van der Waals surface area contributed by atoms with Crippen molar-refractivity contribution in [1.29, 1.82) is 0 Å².